The van der Waals surface area contributed by atoms with Crippen LogP contribution in [-0.4, -0.2) is 39.1 Å². The SMILES string of the molecule is CC1=C(C#N)C(=O)N(CCc2ccccc2)C(=O)/C1=C/c1cn(-c2ccccc2)nc1-c1ccc(OC(C)C)c(C)c1. The van der Waals surface area contributed by atoms with Crippen LogP contribution in [0, 0.1) is 18.3 Å². The summed E-state index contributed by atoms with van der Waals surface area (Å²) in [5.41, 5.74) is 5.65. The first-order valence-electron chi connectivity index (χ1n) is 13.9. The second-order valence-corrected chi connectivity index (χ2v) is 10.5. The summed E-state index contributed by atoms with van der Waals surface area (Å²) < 4.78 is 7.70. The molecule has 1 aromatic heterocycles. The van der Waals surface area contributed by atoms with Crippen LogP contribution in [0.25, 0.3) is 23.0 Å². The zero-order valence-electron chi connectivity index (χ0n) is 24.2. The highest BCUT2D eigenvalue weighted by molar-refractivity contribution is 6.19. The van der Waals surface area contributed by atoms with Crippen LogP contribution in [-0.2, 0) is 16.0 Å². The summed E-state index contributed by atoms with van der Waals surface area (Å²) in [4.78, 5) is 28.2. The molecule has 4 aromatic rings. The molecular formula is C35H32N4O3. The number of aromatic nitrogens is 2. The Kier molecular flexibility index (Phi) is 8.16. The Balaban J connectivity index is 1.60. The molecule has 2 amide bonds. The summed E-state index contributed by atoms with van der Waals surface area (Å²) in [7, 11) is 0. The van der Waals surface area contributed by atoms with Gasteiger partial charge < -0.3 is 4.74 Å². The predicted octanol–water partition coefficient (Wildman–Crippen LogP) is 6.47. The van der Waals surface area contributed by atoms with Gasteiger partial charge in [-0.2, -0.15) is 10.4 Å². The van der Waals surface area contributed by atoms with Crippen molar-refractivity contribution in [2.75, 3.05) is 6.54 Å². The molecule has 0 radical (unpaired) electrons. The average molecular weight is 557 g/mol. The fraction of sp³-hybridized carbons (Fsp3) is 0.200. The van der Waals surface area contributed by atoms with Gasteiger partial charge in [0, 0.05) is 29.4 Å². The summed E-state index contributed by atoms with van der Waals surface area (Å²) in [5.74, 6) is -0.198. The van der Waals surface area contributed by atoms with E-state index in [1.54, 1.807) is 17.7 Å². The van der Waals surface area contributed by atoms with Crippen LogP contribution in [0.15, 0.2) is 102 Å². The maximum absolute atomic E-state index is 13.8. The highest BCUT2D eigenvalue weighted by Gasteiger charge is 2.35. The first-order chi connectivity index (χ1) is 20.3. The summed E-state index contributed by atoms with van der Waals surface area (Å²) in [5, 5.41) is 14.8. The monoisotopic (exact) mass is 556 g/mol. The van der Waals surface area contributed by atoms with Gasteiger partial charge in [0.1, 0.15) is 17.4 Å². The van der Waals surface area contributed by atoms with Crippen molar-refractivity contribution in [3.8, 4) is 28.8 Å². The number of ether oxygens (including phenoxy) is 1. The molecule has 0 atom stereocenters. The van der Waals surface area contributed by atoms with Gasteiger partial charge in [-0.25, -0.2) is 4.68 Å². The third-order valence-corrected chi connectivity index (χ3v) is 7.17. The largest absolute Gasteiger partial charge is 0.491 e. The minimum Gasteiger partial charge on any atom is -0.491 e. The van der Waals surface area contributed by atoms with E-state index in [9.17, 15) is 14.9 Å². The van der Waals surface area contributed by atoms with Crippen LogP contribution >= 0.6 is 0 Å². The third-order valence-electron chi connectivity index (χ3n) is 7.17. The number of benzene rings is 3. The van der Waals surface area contributed by atoms with Crippen molar-refractivity contribution in [2.45, 2.75) is 40.2 Å². The second kappa shape index (κ2) is 12.1. The van der Waals surface area contributed by atoms with Crippen molar-refractivity contribution in [3.63, 3.8) is 0 Å². The molecule has 0 saturated carbocycles. The van der Waals surface area contributed by atoms with Gasteiger partial charge in [0.05, 0.1) is 17.5 Å². The number of para-hydroxylation sites is 1. The van der Waals surface area contributed by atoms with Crippen LogP contribution in [0.3, 0.4) is 0 Å². The summed E-state index contributed by atoms with van der Waals surface area (Å²) in [6.07, 6.45) is 4.14. The summed E-state index contributed by atoms with van der Waals surface area (Å²) in [6, 6.07) is 27.3. The van der Waals surface area contributed by atoms with Gasteiger partial charge in [0.25, 0.3) is 11.8 Å². The topological polar surface area (TPSA) is 88.2 Å². The molecule has 1 aliphatic rings. The van der Waals surface area contributed by atoms with Crippen molar-refractivity contribution in [3.05, 3.63) is 118 Å². The van der Waals surface area contributed by atoms with Gasteiger partial charge in [0.2, 0.25) is 0 Å². The Morgan fingerprint density at radius 1 is 0.952 bits per heavy atom. The molecule has 0 aliphatic carbocycles. The Hall–Kier alpha value is -5.22. The number of carbonyl (C=O) groups excluding carboxylic acids is 2. The van der Waals surface area contributed by atoms with E-state index in [-0.39, 0.29) is 18.2 Å². The lowest BCUT2D eigenvalue weighted by molar-refractivity contribution is -0.140. The number of rotatable bonds is 8. The Morgan fingerprint density at radius 3 is 2.29 bits per heavy atom. The van der Waals surface area contributed by atoms with Crippen molar-refractivity contribution in [1.82, 2.24) is 14.7 Å². The average Bonchev–Trinajstić information content (AvgIpc) is 3.41. The lowest BCUT2D eigenvalue weighted by Crippen LogP contribution is -2.43. The normalized spacial score (nSPS) is 14.6. The summed E-state index contributed by atoms with van der Waals surface area (Å²) >= 11 is 0. The minimum atomic E-state index is -0.565. The standard InChI is InChI=1S/C35H32N4O3/c1-23(2)42-32-16-15-27(19-24(32)3)33-28(22-39(37-33)29-13-9-6-10-14-29)20-30-25(4)31(21-36)35(41)38(34(30)40)18-17-26-11-7-5-8-12-26/h5-16,19-20,22-23H,17-18H2,1-4H3/b30-20+. The molecule has 0 spiro atoms. The molecule has 7 nitrogen and oxygen atoms in total. The van der Waals surface area contributed by atoms with E-state index in [2.05, 4.69) is 0 Å². The number of aryl methyl sites for hydroxylation is 1. The predicted molar refractivity (Wildman–Crippen MR) is 163 cm³/mol. The van der Waals surface area contributed by atoms with Gasteiger partial charge in [-0.15, -0.1) is 0 Å². The van der Waals surface area contributed by atoms with E-state index in [0.717, 1.165) is 28.1 Å². The number of hydrogen-bond acceptors (Lipinski definition) is 5. The lowest BCUT2D eigenvalue weighted by atomic mass is 9.93. The van der Waals surface area contributed by atoms with E-state index in [0.29, 0.717) is 28.8 Å². The van der Waals surface area contributed by atoms with E-state index < -0.39 is 11.8 Å². The molecule has 3 aromatic carbocycles. The van der Waals surface area contributed by atoms with Crippen molar-refractivity contribution in [2.24, 2.45) is 0 Å². The molecule has 0 fully saturated rings. The smallest absolute Gasteiger partial charge is 0.271 e. The molecule has 5 rings (SSSR count). The van der Waals surface area contributed by atoms with Crippen LogP contribution in [0.4, 0.5) is 0 Å². The zero-order chi connectivity index (χ0) is 29.8. The highest BCUT2D eigenvalue weighted by atomic mass is 16.5. The molecule has 0 saturated heterocycles. The Bertz CT molecular complexity index is 1740. The lowest BCUT2D eigenvalue weighted by Gasteiger charge is -2.27. The first kappa shape index (κ1) is 28.3. The van der Waals surface area contributed by atoms with Crippen molar-refractivity contribution in [1.29, 1.82) is 5.26 Å². The molecule has 42 heavy (non-hydrogen) atoms. The molecule has 0 bridgehead atoms. The molecule has 7 heteroatoms. The van der Waals surface area contributed by atoms with Crippen molar-refractivity contribution < 1.29 is 14.3 Å². The number of nitrogens with zero attached hydrogens (tertiary/aromatic N) is 4. The minimum absolute atomic E-state index is 0.0306. The van der Waals surface area contributed by atoms with Crippen LogP contribution in [0.1, 0.15) is 37.5 Å². The van der Waals surface area contributed by atoms with Gasteiger partial charge in [-0.3, -0.25) is 14.5 Å². The van der Waals surface area contributed by atoms with E-state index in [1.807, 2.05) is 112 Å². The fourth-order valence-corrected chi connectivity index (χ4v) is 4.99. The molecule has 210 valence electrons. The molecular weight excluding hydrogens is 524 g/mol. The Labute approximate surface area is 246 Å². The van der Waals surface area contributed by atoms with Crippen LogP contribution in [0.2, 0.25) is 0 Å². The van der Waals surface area contributed by atoms with Gasteiger partial charge in [-0.05, 0) is 87.2 Å². The zero-order valence-corrected chi connectivity index (χ0v) is 24.2. The first-order valence-corrected chi connectivity index (χ1v) is 13.9. The van der Waals surface area contributed by atoms with Gasteiger partial charge >= 0.3 is 0 Å². The number of nitriles is 1. The quantitative estimate of drug-likeness (QED) is 0.183. The number of hydrogen-bond donors (Lipinski definition) is 0. The number of carbonyl (C=O) groups is 2. The number of imide groups is 1. The van der Waals surface area contributed by atoms with Crippen LogP contribution in [0.5, 0.6) is 5.75 Å². The van der Waals surface area contributed by atoms with Gasteiger partial charge in [0.15, 0.2) is 0 Å². The highest BCUT2D eigenvalue weighted by Crippen LogP contribution is 2.33. The molecule has 0 N–H and O–H groups in total. The van der Waals surface area contributed by atoms with Crippen molar-refractivity contribution >= 4 is 17.9 Å². The molecule has 2 heterocycles. The van der Waals surface area contributed by atoms with E-state index in [1.165, 1.54) is 4.90 Å². The third kappa shape index (κ3) is 5.79. The fourth-order valence-electron chi connectivity index (χ4n) is 4.99. The molecule has 1 aliphatic heterocycles. The van der Waals surface area contributed by atoms with Crippen LogP contribution < -0.4 is 4.74 Å². The van der Waals surface area contributed by atoms with Gasteiger partial charge in [-0.1, -0.05) is 48.5 Å². The summed E-state index contributed by atoms with van der Waals surface area (Å²) in [6.45, 7) is 7.78. The van der Waals surface area contributed by atoms with E-state index >= 15 is 0 Å². The maximum atomic E-state index is 13.8. The molecule has 0 unspecified atom stereocenters. The Morgan fingerprint density at radius 2 is 1.64 bits per heavy atom. The number of amides is 2. The second-order valence-electron chi connectivity index (χ2n) is 10.5. The van der Waals surface area contributed by atoms with E-state index in [4.69, 9.17) is 9.84 Å². The maximum Gasteiger partial charge on any atom is 0.271 e.